The highest BCUT2D eigenvalue weighted by atomic mass is 19.4. The van der Waals surface area contributed by atoms with Crippen molar-refractivity contribution in [2.45, 2.75) is 104 Å². The summed E-state index contributed by atoms with van der Waals surface area (Å²) in [6.45, 7) is 13.4. The molecular weight excluding hydrogens is 737 g/mol. The van der Waals surface area contributed by atoms with Gasteiger partial charge in [0.2, 0.25) is 23.6 Å². The molecule has 4 atom stereocenters. The number of halogens is 3. The van der Waals surface area contributed by atoms with Gasteiger partial charge >= 0.3 is 12.1 Å². The molecular formula is C39H55F3N6O8. The first-order valence-corrected chi connectivity index (χ1v) is 18.2. The Balaban J connectivity index is 2.19. The van der Waals surface area contributed by atoms with Crippen LogP contribution >= 0.6 is 0 Å². The minimum atomic E-state index is -4.59. The van der Waals surface area contributed by atoms with Gasteiger partial charge in [-0.2, -0.15) is 13.2 Å². The third kappa shape index (κ3) is 12.5. The Morgan fingerprint density at radius 1 is 0.929 bits per heavy atom. The van der Waals surface area contributed by atoms with Gasteiger partial charge in [-0.25, -0.2) is 4.79 Å². The summed E-state index contributed by atoms with van der Waals surface area (Å²) in [6, 6.07) is 0.392. The summed E-state index contributed by atoms with van der Waals surface area (Å²) >= 11 is 0. The van der Waals surface area contributed by atoms with Gasteiger partial charge in [-0.15, -0.1) is 0 Å². The van der Waals surface area contributed by atoms with Crippen molar-refractivity contribution in [3.63, 3.8) is 0 Å². The van der Waals surface area contributed by atoms with Crippen molar-refractivity contribution < 1.29 is 51.8 Å². The number of alkyl halides is 3. The van der Waals surface area contributed by atoms with E-state index in [1.165, 1.54) is 44.1 Å². The fourth-order valence-electron chi connectivity index (χ4n) is 6.24. The summed E-state index contributed by atoms with van der Waals surface area (Å²) in [6.07, 6.45) is -1.40. The summed E-state index contributed by atoms with van der Waals surface area (Å²) in [5.41, 5.74) is -2.52. The van der Waals surface area contributed by atoms with Crippen LogP contribution in [0.15, 0.2) is 48.1 Å². The van der Waals surface area contributed by atoms with Crippen molar-refractivity contribution in [3.05, 3.63) is 59.2 Å². The molecule has 310 valence electrons. The van der Waals surface area contributed by atoms with Gasteiger partial charge in [-0.05, 0) is 43.4 Å². The van der Waals surface area contributed by atoms with E-state index < -0.39 is 88.1 Å². The molecule has 1 aliphatic heterocycles. The zero-order valence-electron chi connectivity index (χ0n) is 33.6. The molecule has 1 heterocycles. The number of hydrogen-bond donors (Lipinski definition) is 5. The van der Waals surface area contributed by atoms with Gasteiger partial charge < -0.3 is 31.3 Å². The number of likely N-dealkylation sites (N-methyl/N-ethyl adjacent to an activating group) is 2. The SMILES string of the molecule is CN[C@H](C(=O)NC(C(=O)N(C)[C@H](/C=C(\C)C(=O)N[C@H](CCC(=O)NCCN1C(=O)C=CC1=O)C(=O)O)C(C)C)C(C)(C)C)C(C)(C)c1cccc(C(F)(F)F)c1. The lowest BCUT2D eigenvalue weighted by Crippen LogP contribution is -2.61. The molecule has 17 heteroatoms. The lowest BCUT2D eigenvalue weighted by molar-refractivity contribution is -0.142. The smallest absolute Gasteiger partial charge is 0.416 e. The Hall–Kier alpha value is -5.06. The van der Waals surface area contributed by atoms with Crippen LogP contribution in [0.3, 0.4) is 0 Å². The van der Waals surface area contributed by atoms with Crippen molar-refractivity contribution in [3.8, 4) is 0 Å². The van der Waals surface area contributed by atoms with Crippen LogP contribution in [-0.4, -0.2) is 108 Å². The Bertz CT molecular complexity index is 1700. The highest BCUT2D eigenvalue weighted by Gasteiger charge is 2.42. The number of hydrogen-bond acceptors (Lipinski definition) is 8. The maximum Gasteiger partial charge on any atom is 0.416 e. The monoisotopic (exact) mass is 792 g/mol. The molecule has 1 unspecified atom stereocenters. The van der Waals surface area contributed by atoms with E-state index in [1.807, 2.05) is 0 Å². The minimum Gasteiger partial charge on any atom is -0.480 e. The van der Waals surface area contributed by atoms with Gasteiger partial charge in [0.05, 0.1) is 17.6 Å². The van der Waals surface area contributed by atoms with E-state index in [0.717, 1.165) is 29.2 Å². The van der Waals surface area contributed by atoms with Gasteiger partial charge in [0.25, 0.3) is 11.8 Å². The molecule has 5 N–H and O–H groups in total. The molecule has 14 nitrogen and oxygen atoms in total. The van der Waals surface area contributed by atoms with Crippen molar-refractivity contribution in [2.24, 2.45) is 11.3 Å². The maximum atomic E-state index is 14.2. The number of carbonyl (C=O) groups is 7. The number of rotatable bonds is 18. The van der Waals surface area contributed by atoms with Crippen molar-refractivity contribution in [1.29, 1.82) is 0 Å². The Morgan fingerprint density at radius 3 is 2.00 bits per heavy atom. The molecule has 2 rings (SSSR count). The van der Waals surface area contributed by atoms with Crippen LogP contribution in [0, 0.1) is 11.3 Å². The largest absolute Gasteiger partial charge is 0.480 e. The highest BCUT2D eigenvalue weighted by Crippen LogP contribution is 2.35. The topological polar surface area (TPSA) is 194 Å². The number of nitrogens with zero attached hydrogens (tertiary/aromatic N) is 2. The van der Waals surface area contributed by atoms with Gasteiger partial charge in [0.1, 0.15) is 12.1 Å². The average Bonchev–Trinajstić information content (AvgIpc) is 3.41. The predicted molar refractivity (Wildman–Crippen MR) is 202 cm³/mol. The van der Waals surface area contributed by atoms with Crippen molar-refractivity contribution >= 4 is 41.4 Å². The Morgan fingerprint density at radius 2 is 1.50 bits per heavy atom. The third-order valence-corrected chi connectivity index (χ3v) is 9.68. The van der Waals surface area contributed by atoms with Gasteiger partial charge in [0, 0.05) is 49.7 Å². The Kier molecular flexibility index (Phi) is 16.1. The molecule has 0 fully saturated rings. The zero-order chi connectivity index (χ0) is 42.9. The quantitative estimate of drug-likeness (QED) is 0.110. The fraction of sp³-hybridized carbons (Fsp3) is 0.564. The molecule has 0 aromatic heterocycles. The average molecular weight is 793 g/mol. The van der Waals surface area contributed by atoms with Crippen LogP contribution in [0.2, 0.25) is 0 Å². The number of aliphatic carboxylic acids is 1. The van der Waals surface area contributed by atoms with Crippen LogP contribution in [0.1, 0.15) is 79.4 Å². The number of imide groups is 1. The number of carbonyl (C=O) groups excluding carboxylic acids is 6. The summed E-state index contributed by atoms with van der Waals surface area (Å²) < 4.78 is 40.6. The molecule has 1 aliphatic rings. The van der Waals surface area contributed by atoms with Crippen LogP contribution in [0.25, 0.3) is 0 Å². The normalized spacial score (nSPS) is 16.0. The predicted octanol–water partition coefficient (Wildman–Crippen LogP) is 2.92. The second-order valence-electron chi connectivity index (χ2n) is 15.8. The number of carboxylic acid groups (broad SMARTS) is 1. The molecule has 56 heavy (non-hydrogen) atoms. The summed E-state index contributed by atoms with van der Waals surface area (Å²) in [4.78, 5) is 91.3. The molecule has 0 aliphatic carbocycles. The zero-order valence-corrected chi connectivity index (χ0v) is 33.6. The summed E-state index contributed by atoms with van der Waals surface area (Å²) in [5.74, 6) is -5.09. The molecule has 6 amide bonds. The van der Waals surface area contributed by atoms with Crippen LogP contribution < -0.4 is 21.3 Å². The van der Waals surface area contributed by atoms with E-state index in [2.05, 4.69) is 21.3 Å². The van der Waals surface area contributed by atoms with E-state index in [9.17, 15) is 51.8 Å². The number of carboxylic acids is 1. The van der Waals surface area contributed by atoms with Crippen molar-refractivity contribution in [1.82, 2.24) is 31.1 Å². The van der Waals surface area contributed by atoms with E-state index >= 15 is 0 Å². The van der Waals surface area contributed by atoms with Crippen molar-refractivity contribution in [2.75, 3.05) is 27.2 Å². The first-order chi connectivity index (χ1) is 25.7. The van der Waals surface area contributed by atoms with E-state index in [0.29, 0.717) is 0 Å². The molecule has 0 spiro atoms. The molecule has 0 saturated heterocycles. The van der Waals surface area contributed by atoms with Crippen LogP contribution in [0.5, 0.6) is 0 Å². The van der Waals surface area contributed by atoms with Crippen LogP contribution in [0.4, 0.5) is 13.2 Å². The lowest BCUT2D eigenvalue weighted by Gasteiger charge is -2.40. The van der Waals surface area contributed by atoms with Gasteiger partial charge in [-0.1, -0.05) is 72.7 Å². The summed E-state index contributed by atoms with van der Waals surface area (Å²) in [7, 11) is 3.01. The first-order valence-electron chi connectivity index (χ1n) is 18.2. The van der Waals surface area contributed by atoms with E-state index in [4.69, 9.17) is 0 Å². The molecule has 1 aromatic carbocycles. The molecule has 1 aromatic rings. The fourth-order valence-corrected chi connectivity index (χ4v) is 6.24. The second kappa shape index (κ2) is 19.2. The first kappa shape index (κ1) is 47.1. The van der Waals surface area contributed by atoms with Crippen LogP contribution in [-0.2, 0) is 45.2 Å². The van der Waals surface area contributed by atoms with E-state index in [-0.39, 0.29) is 43.0 Å². The highest BCUT2D eigenvalue weighted by molar-refractivity contribution is 6.12. The Labute approximate surface area is 325 Å². The minimum absolute atomic E-state index is 0.0413. The lowest BCUT2D eigenvalue weighted by atomic mass is 9.76. The second-order valence-corrected chi connectivity index (χ2v) is 15.8. The summed E-state index contributed by atoms with van der Waals surface area (Å²) in [5, 5.41) is 20.4. The van der Waals surface area contributed by atoms with Gasteiger partial charge in [-0.3, -0.25) is 33.7 Å². The number of benzene rings is 1. The molecule has 0 bridgehead atoms. The van der Waals surface area contributed by atoms with E-state index in [1.54, 1.807) is 48.5 Å². The number of amides is 6. The standard InChI is InChI=1S/C39H55F3N6O8/c1-22(2)27(20-23(3)33(52)45-26(36(55)56)14-15-28(49)44-18-19-48-29(50)16-17-30(48)51)47(10)35(54)32(37(4,5)6)46-34(53)31(43-9)38(7,8)24-12-11-13-25(21-24)39(40,41)42/h11-13,16-17,20-22,26-27,31-32,43H,14-15,18-19H2,1-10H3,(H,44,49)(H,45,52)(H,46,53)(H,55,56)/b23-20+/t26-,27-,31-,32?/m1/s1. The third-order valence-electron chi connectivity index (χ3n) is 9.68. The molecule has 0 saturated carbocycles. The number of nitrogens with one attached hydrogen (secondary N) is 4. The van der Waals surface area contributed by atoms with Gasteiger partial charge in [0.15, 0.2) is 0 Å². The molecule has 0 radical (unpaired) electrons. The maximum absolute atomic E-state index is 14.2.